The van der Waals surface area contributed by atoms with Gasteiger partial charge in [-0.25, -0.2) is 0 Å². The second kappa shape index (κ2) is 4.75. The summed E-state index contributed by atoms with van der Waals surface area (Å²) < 4.78 is 0. The zero-order valence-corrected chi connectivity index (χ0v) is 8.75. The van der Waals surface area contributed by atoms with Crippen molar-refractivity contribution in [1.29, 1.82) is 0 Å². The number of rotatable bonds is 7. The quantitative estimate of drug-likeness (QED) is 0.561. The smallest absolute Gasteiger partial charge is 0.321 e. The number of carboxylic acid groups (broad SMARTS) is 1. The van der Waals surface area contributed by atoms with Crippen LogP contribution in [0.4, 0.5) is 0 Å². The van der Waals surface area contributed by atoms with Gasteiger partial charge in [-0.3, -0.25) is 4.79 Å². The fourth-order valence-corrected chi connectivity index (χ4v) is 1.80. The SMILES string of the molecule is CCCC1(CNCC(N)C(=O)O)CC1. The van der Waals surface area contributed by atoms with E-state index in [1.807, 2.05) is 0 Å². The predicted octanol–water partition coefficient (Wildman–Crippen LogP) is 0.568. The summed E-state index contributed by atoms with van der Waals surface area (Å²) >= 11 is 0. The van der Waals surface area contributed by atoms with E-state index < -0.39 is 12.0 Å². The van der Waals surface area contributed by atoms with Crippen LogP contribution in [-0.2, 0) is 4.79 Å². The predicted molar refractivity (Wildman–Crippen MR) is 55.1 cm³/mol. The molecule has 0 bridgehead atoms. The van der Waals surface area contributed by atoms with E-state index in [1.165, 1.54) is 25.7 Å². The normalized spacial score (nSPS) is 20.4. The van der Waals surface area contributed by atoms with Gasteiger partial charge in [0, 0.05) is 13.1 Å². The van der Waals surface area contributed by atoms with Gasteiger partial charge in [0.05, 0.1) is 0 Å². The number of nitrogens with one attached hydrogen (secondary N) is 1. The monoisotopic (exact) mass is 200 g/mol. The van der Waals surface area contributed by atoms with Crippen molar-refractivity contribution in [2.45, 2.75) is 38.6 Å². The van der Waals surface area contributed by atoms with Crippen LogP contribution in [0.5, 0.6) is 0 Å². The summed E-state index contributed by atoms with van der Waals surface area (Å²) in [4.78, 5) is 10.4. The first-order valence-corrected chi connectivity index (χ1v) is 5.29. The summed E-state index contributed by atoms with van der Waals surface area (Å²) in [6, 6.07) is -0.771. The lowest BCUT2D eigenvalue weighted by Gasteiger charge is -2.15. The number of carbonyl (C=O) groups is 1. The minimum Gasteiger partial charge on any atom is -0.480 e. The van der Waals surface area contributed by atoms with E-state index in [0.717, 1.165) is 6.54 Å². The number of hydrogen-bond donors (Lipinski definition) is 3. The van der Waals surface area contributed by atoms with E-state index in [9.17, 15) is 4.79 Å². The maximum atomic E-state index is 10.4. The van der Waals surface area contributed by atoms with Gasteiger partial charge in [-0.15, -0.1) is 0 Å². The molecule has 82 valence electrons. The second-order valence-electron chi connectivity index (χ2n) is 4.33. The van der Waals surface area contributed by atoms with Crippen LogP contribution in [0.1, 0.15) is 32.6 Å². The first-order chi connectivity index (χ1) is 6.59. The van der Waals surface area contributed by atoms with E-state index in [1.54, 1.807) is 0 Å². The Morgan fingerprint density at radius 3 is 2.71 bits per heavy atom. The third-order valence-corrected chi connectivity index (χ3v) is 2.92. The van der Waals surface area contributed by atoms with Crippen LogP contribution in [0.15, 0.2) is 0 Å². The number of aliphatic carboxylic acids is 1. The third kappa shape index (κ3) is 3.27. The lowest BCUT2D eigenvalue weighted by Crippen LogP contribution is -2.41. The zero-order chi connectivity index (χ0) is 10.6. The molecule has 1 unspecified atom stereocenters. The van der Waals surface area contributed by atoms with Crippen LogP contribution < -0.4 is 11.1 Å². The van der Waals surface area contributed by atoms with Crippen molar-refractivity contribution in [2.75, 3.05) is 13.1 Å². The topological polar surface area (TPSA) is 75.3 Å². The molecule has 1 aliphatic rings. The number of hydrogen-bond acceptors (Lipinski definition) is 3. The molecular weight excluding hydrogens is 180 g/mol. The van der Waals surface area contributed by atoms with Gasteiger partial charge in [-0.1, -0.05) is 13.3 Å². The Labute approximate surface area is 84.9 Å². The summed E-state index contributed by atoms with van der Waals surface area (Å²) in [5, 5.41) is 11.7. The van der Waals surface area contributed by atoms with Crippen LogP contribution in [0.25, 0.3) is 0 Å². The zero-order valence-electron chi connectivity index (χ0n) is 8.75. The lowest BCUT2D eigenvalue weighted by molar-refractivity contribution is -0.138. The average Bonchev–Trinajstić information content (AvgIpc) is 2.85. The van der Waals surface area contributed by atoms with Gasteiger partial charge < -0.3 is 16.2 Å². The van der Waals surface area contributed by atoms with Gasteiger partial charge in [0.25, 0.3) is 0 Å². The van der Waals surface area contributed by atoms with Crippen molar-refractivity contribution >= 4 is 5.97 Å². The minimum atomic E-state index is -0.933. The van der Waals surface area contributed by atoms with Gasteiger partial charge in [0.15, 0.2) is 0 Å². The van der Waals surface area contributed by atoms with Crippen LogP contribution in [0.2, 0.25) is 0 Å². The standard InChI is InChI=1S/C10H20N2O2/c1-2-3-10(4-5-10)7-12-6-8(11)9(13)14/h8,12H,2-7,11H2,1H3,(H,13,14). The molecule has 0 amide bonds. The Balaban J connectivity index is 2.12. The van der Waals surface area contributed by atoms with E-state index in [-0.39, 0.29) is 0 Å². The molecule has 0 saturated heterocycles. The molecule has 1 aliphatic carbocycles. The molecule has 0 aromatic heterocycles. The molecule has 4 heteroatoms. The van der Waals surface area contributed by atoms with Crippen molar-refractivity contribution in [3.05, 3.63) is 0 Å². The van der Waals surface area contributed by atoms with Crippen molar-refractivity contribution in [2.24, 2.45) is 11.1 Å². The molecule has 4 nitrogen and oxygen atoms in total. The van der Waals surface area contributed by atoms with E-state index >= 15 is 0 Å². The van der Waals surface area contributed by atoms with Crippen molar-refractivity contribution in [1.82, 2.24) is 5.32 Å². The second-order valence-corrected chi connectivity index (χ2v) is 4.33. The van der Waals surface area contributed by atoms with Crippen molar-refractivity contribution < 1.29 is 9.90 Å². The molecule has 0 heterocycles. The molecule has 1 rings (SSSR count). The number of carboxylic acids is 1. The maximum Gasteiger partial charge on any atom is 0.321 e. The van der Waals surface area contributed by atoms with E-state index in [4.69, 9.17) is 10.8 Å². The molecule has 0 spiro atoms. The molecule has 4 N–H and O–H groups in total. The molecule has 1 saturated carbocycles. The Morgan fingerprint density at radius 2 is 2.29 bits per heavy atom. The van der Waals surface area contributed by atoms with Gasteiger partial charge in [-0.05, 0) is 24.7 Å². The van der Waals surface area contributed by atoms with Crippen molar-refractivity contribution in [3.8, 4) is 0 Å². The largest absolute Gasteiger partial charge is 0.480 e. The van der Waals surface area contributed by atoms with Crippen LogP contribution in [0.3, 0.4) is 0 Å². The Kier molecular flexibility index (Phi) is 3.89. The number of nitrogens with two attached hydrogens (primary N) is 1. The van der Waals surface area contributed by atoms with Crippen LogP contribution in [-0.4, -0.2) is 30.2 Å². The summed E-state index contributed by atoms with van der Waals surface area (Å²) in [6.45, 7) is 3.48. The summed E-state index contributed by atoms with van der Waals surface area (Å²) in [7, 11) is 0. The summed E-state index contributed by atoms with van der Waals surface area (Å²) in [5.41, 5.74) is 5.84. The van der Waals surface area contributed by atoms with E-state index in [0.29, 0.717) is 12.0 Å². The van der Waals surface area contributed by atoms with Gasteiger partial charge in [-0.2, -0.15) is 0 Å². The highest BCUT2D eigenvalue weighted by atomic mass is 16.4. The highest BCUT2D eigenvalue weighted by Gasteiger charge is 2.40. The molecule has 14 heavy (non-hydrogen) atoms. The lowest BCUT2D eigenvalue weighted by atomic mass is 10.0. The maximum absolute atomic E-state index is 10.4. The van der Waals surface area contributed by atoms with Gasteiger partial charge in [0.1, 0.15) is 6.04 Å². The highest BCUT2D eigenvalue weighted by molar-refractivity contribution is 5.73. The summed E-state index contributed by atoms with van der Waals surface area (Å²) in [6.07, 6.45) is 4.99. The third-order valence-electron chi connectivity index (χ3n) is 2.92. The van der Waals surface area contributed by atoms with Crippen molar-refractivity contribution in [3.63, 3.8) is 0 Å². The molecule has 1 atom stereocenters. The molecule has 0 aliphatic heterocycles. The Bertz CT molecular complexity index is 202. The first kappa shape index (κ1) is 11.5. The van der Waals surface area contributed by atoms with Crippen LogP contribution in [0, 0.1) is 5.41 Å². The fourth-order valence-electron chi connectivity index (χ4n) is 1.80. The molecular formula is C10H20N2O2. The fraction of sp³-hybridized carbons (Fsp3) is 0.900. The minimum absolute atomic E-state index is 0.376. The highest BCUT2D eigenvalue weighted by Crippen LogP contribution is 2.48. The molecule has 0 radical (unpaired) electrons. The Hall–Kier alpha value is -0.610. The van der Waals surface area contributed by atoms with Gasteiger partial charge in [0.2, 0.25) is 0 Å². The van der Waals surface area contributed by atoms with Gasteiger partial charge >= 0.3 is 5.97 Å². The molecule has 0 aromatic carbocycles. The Morgan fingerprint density at radius 1 is 1.64 bits per heavy atom. The summed E-state index contributed by atoms with van der Waals surface area (Å²) in [5.74, 6) is -0.933. The first-order valence-electron chi connectivity index (χ1n) is 5.29. The molecule has 1 fully saturated rings. The van der Waals surface area contributed by atoms with E-state index in [2.05, 4.69) is 12.2 Å². The molecule has 0 aromatic rings. The average molecular weight is 200 g/mol. The van der Waals surface area contributed by atoms with Crippen LogP contribution >= 0.6 is 0 Å².